The second-order valence-electron chi connectivity index (χ2n) is 5.11. The molecule has 2 aromatic rings. The third kappa shape index (κ3) is 2.60. The molecule has 2 heterocycles. The fourth-order valence-electron chi connectivity index (χ4n) is 2.59. The molecule has 22 heavy (non-hydrogen) atoms. The lowest BCUT2D eigenvalue weighted by molar-refractivity contribution is 0.0669. The van der Waals surface area contributed by atoms with Gasteiger partial charge in [0.1, 0.15) is 17.3 Å². The Hall–Kier alpha value is -1.91. The van der Waals surface area contributed by atoms with Crippen molar-refractivity contribution in [3.05, 3.63) is 39.9 Å². The van der Waals surface area contributed by atoms with Crippen LogP contribution in [0.25, 0.3) is 16.1 Å². The highest BCUT2D eigenvalue weighted by molar-refractivity contribution is 9.10. The van der Waals surface area contributed by atoms with Crippen molar-refractivity contribution in [1.29, 1.82) is 0 Å². The number of ether oxygens (including phenoxy) is 1. The summed E-state index contributed by atoms with van der Waals surface area (Å²) in [6.45, 7) is 8.67. The minimum Gasteiger partial charge on any atom is -0.393 e. The van der Waals surface area contributed by atoms with Gasteiger partial charge in [-0.25, -0.2) is 9.24 Å². The van der Waals surface area contributed by atoms with Gasteiger partial charge in [0, 0.05) is 13.2 Å². The van der Waals surface area contributed by atoms with Gasteiger partial charge in [-0.15, -0.1) is 0 Å². The molecule has 1 aromatic heterocycles. The molecule has 0 saturated carbocycles. The van der Waals surface area contributed by atoms with Crippen LogP contribution in [0.1, 0.15) is 18.9 Å². The molecule has 0 spiro atoms. The van der Waals surface area contributed by atoms with E-state index in [2.05, 4.69) is 25.9 Å². The molecule has 0 bridgehead atoms. The number of halogens is 2. The Morgan fingerprint density at radius 3 is 2.77 bits per heavy atom. The van der Waals surface area contributed by atoms with Crippen LogP contribution in [0.4, 0.5) is 15.9 Å². The quantitative estimate of drug-likeness (QED) is 0.821. The van der Waals surface area contributed by atoms with Gasteiger partial charge in [-0.05, 0) is 46.5 Å². The zero-order chi connectivity index (χ0) is 15.7. The van der Waals surface area contributed by atoms with Gasteiger partial charge in [0.2, 0.25) is 0 Å². The number of benzene rings is 1. The molecular formula is C15H14BrFN4O. The van der Waals surface area contributed by atoms with E-state index >= 15 is 0 Å². The van der Waals surface area contributed by atoms with Crippen molar-refractivity contribution in [2.45, 2.75) is 18.9 Å². The van der Waals surface area contributed by atoms with E-state index in [4.69, 9.17) is 17.0 Å². The summed E-state index contributed by atoms with van der Waals surface area (Å²) in [4.78, 5) is 3.49. The first-order valence-electron chi connectivity index (χ1n) is 6.90. The van der Waals surface area contributed by atoms with E-state index in [9.17, 15) is 4.39 Å². The highest BCUT2D eigenvalue weighted by atomic mass is 79.9. The summed E-state index contributed by atoms with van der Waals surface area (Å²) in [5.41, 5.74) is 7.33. The molecule has 0 unspecified atom stereocenters. The van der Waals surface area contributed by atoms with Gasteiger partial charge >= 0.3 is 0 Å². The predicted molar refractivity (Wildman–Crippen MR) is 85.1 cm³/mol. The average Bonchev–Trinajstić information content (AvgIpc) is 2.87. The molecule has 7 heteroatoms. The standard InChI is InChI=1S/C15H14BrFN4O/c1-19-14-13(9-2-3-11(16)12(17)8-9)20-21(15(14)18)10-4-6-22-7-5-10/h2-3,8,10H,4-7,18H2. The van der Waals surface area contributed by atoms with Gasteiger partial charge in [0.15, 0.2) is 0 Å². The number of hydrogen-bond acceptors (Lipinski definition) is 3. The molecule has 0 aliphatic carbocycles. The third-order valence-corrected chi connectivity index (χ3v) is 4.41. The van der Waals surface area contributed by atoms with E-state index in [1.54, 1.807) is 16.8 Å². The van der Waals surface area contributed by atoms with Crippen LogP contribution in [0.2, 0.25) is 0 Å². The Bertz CT molecular complexity index is 747. The van der Waals surface area contributed by atoms with Crippen molar-refractivity contribution in [2.75, 3.05) is 18.9 Å². The summed E-state index contributed by atoms with van der Waals surface area (Å²) in [5, 5.41) is 4.49. The molecule has 1 fully saturated rings. The Morgan fingerprint density at radius 2 is 2.14 bits per heavy atom. The molecule has 2 N–H and O–H groups in total. The van der Waals surface area contributed by atoms with Crippen LogP contribution in [0.15, 0.2) is 22.7 Å². The van der Waals surface area contributed by atoms with Crippen LogP contribution < -0.4 is 5.73 Å². The number of aromatic nitrogens is 2. The first-order chi connectivity index (χ1) is 10.6. The lowest BCUT2D eigenvalue weighted by Gasteiger charge is -2.23. The molecular weight excluding hydrogens is 351 g/mol. The average molecular weight is 365 g/mol. The van der Waals surface area contributed by atoms with Crippen LogP contribution >= 0.6 is 15.9 Å². The van der Waals surface area contributed by atoms with Gasteiger partial charge in [0.25, 0.3) is 5.69 Å². The molecule has 114 valence electrons. The fourth-order valence-corrected chi connectivity index (χ4v) is 2.84. The zero-order valence-electron chi connectivity index (χ0n) is 11.7. The zero-order valence-corrected chi connectivity index (χ0v) is 13.3. The number of nitrogens with zero attached hydrogens (tertiary/aromatic N) is 3. The molecule has 1 aliphatic heterocycles. The van der Waals surface area contributed by atoms with E-state index in [0.29, 0.717) is 34.8 Å². The van der Waals surface area contributed by atoms with Crippen LogP contribution in [-0.4, -0.2) is 23.0 Å². The Balaban J connectivity index is 2.07. The van der Waals surface area contributed by atoms with Crippen molar-refractivity contribution in [2.24, 2.45) is 0 Å². The number of rotatable bonds is 2. The monoisotopic (exact) mass is 364 g/mol. The number of nitrogens with two attached hydrogens (primary N) is 1. The predicted octanol–water partition coefficient (Wildman–Crippen LogP) is 3.94. The summed E-state index contributed by atoms with van der Waals surface area (Å²) >= 11 is 3.12. The lowest BCUT2D eigenvalue weighted by atomic mass is 10.1. The van der Waals surface area contributed by atoms with Crippen LogP contribution in [0.5, 0.6) is 0 Å². The van der Waals surface area contributed by atoms with E-state index in [1.165, 1.54) is 6.07 Å². The maximum Gasteiger partial charge on any atom is 0.254 e. The number of hydrogen-bond donors (Lipinski definition) is 1. The SMILES string of the molecule is [C-]#[N+]c1c(-c2ccc(Br)c(F)c2)nn(C2CCOCC2)c1N. The summed E-state index contributed by atoms with van der Waals surface area (Å²) < 4.78 is 21.2. The number of anilines is 1. The minimum atomic E-state index is -0.396. The first-order valence-corrected chi connectivity index (χ1v) is 7.69. The van der Waals surface area contributed by atoms with Crippen molar-refractivity contribution >= 4 is 27.4 Å². The maximum absolute atomic E-state index is 13.8. The van der Waals surface area contributed by atoms with Crippen molar-refractivity contribution in [3.63, 3.8) is 0 Å². The molecule has 1 aromatic carbocycles. The smallest absolute Gasteiger partial charge is 0.254 e. The van der Waals surface area contributed by atoms with E-state index in [-0.39, 0.29) is 11.7 Å². The first kappa shape index (κ1) is 15.0. The maximum atomic E-state index is 13.8. The molecule has 1 aliphatic rings. The Labute approximate surface area is 135 Å². The second-order valence-corrected chi connectivity index (χ2v) is 5.97. The summed E-state index contributed by atoms with van der Waals surface area (Å²) in [7, 11) is 0. The summed E-state index contributed by atoms with van der Waals surface area (Å²) in [6, 6.07) is 4.79. The molecule has 5 nitrogen and oxygen atoms in total. The van der Waals surface area contributed by atoms with Gasteiger partial charge < -0.3 is 10.5 Å². The summed E-state index contributed by atoms with van der Waals surface area (Å²) in [5.74, 6) is -0.0622. The highest BCUT2D eigenvalue weighted by Crippen LogP contribution is 2.38. The van der Waals surface area contributed by atoms with Crippen LogP contribution in [0, 0.1) is 12.4 Å². The van der Waals surface area contributed by atoms with Crippen LogP contribution in [0.3, 0.4) is 0 Å². The van der Waals surface area contributed by atoms with Crippen molar-refractivity contribution in [3.8, 4) is 11.3 Å². The van der Waals surface area contributed by atoms with Gasteiger partial charge in [0.05, 0.1) is 17.1 Å². The van der Waals surface area contributed by atoms with Crippen molar-refractivity contribution in [1.82, 2.24) is 9.78 Å². The van der Waals surface area contributed by atoms with E-state index in [0.717, 1.165) is 12.8 Å². The Kier molecular flexibility index (Phi) is 4.14. The fraction of sp³-hybridized carbons (Fsp3) is 0.333. The van der Waals surface area contributed by atoms with Gasteiger partial charge in [-0.3, -0.25) is 4.68 Å². The number of nitrogen functional groups attached to an aromatic ring is 1. The normalized spacial score (nSPS) is 15.7. The lowest BCUT2D eigenvalue weighted by Crippen LogP contribution is -2.21. The molecule has 0 amide bonds. The summed E-state index contributed by atoms with van der Waals surface area (Å²) in [6.07, 6.45) is 1.61. The topological polar surface area (TPSA) is 57.4 Å². The third-order valence-electron chi connectivity index (χ3n) is 3.76. The Morgan fingerprint density at radius 1 is 1.41 bits per heavy atom. The highest BCUT2D eigenvalue weighted by Gasteiger charge is 2.24. The van der Waals surface area contributed by atoms with E-state index in [1.807, 2.05) is 0 Å². The molecule has 1 saturated heterocycles. The van der Waals surface area contributed by atoms with E-state index < -0.39 is 5.82 Å². The molecule has 3 rings (SSSR count). The van der Waals surface area contributed by atoms with Crippen molar-refractivity contribution < 1.29 is 9.13 Å². The van der Waals surface area contributed by atoms with Gasteiger partial charge in [-0.1, -0.05) is 6.07 Å². The largest absolute Gasteiger partial charge is 0.393 e. The minimum absolute atomic E-state index is 0.114. The van der Waals surface area contributed by atoms with Gasteiger partial charge in [-0.2, -0.15) is 5.10 Å². The second kappa shape index (κ2) is 6.07. The molecule has 0 atom stereocenters. The molecule has 0 radical (unpaired) electrons. The van der Waals surface area contributed by atoms with Crippen LogP contribution in [-0.2, 0) is 4.74 Å².